The highest BCUT2D eigenvalue weighted by atomic mass is 35.5. The molecule has 0 amide bonds. The van der Waals surface area contributed by atoms with Crippen LogP contribution in [0.3, 0.4) is 0 Å². The Morgan fingerprint density at radius 1 is 1.27 bits per heavy atom. The van der Waals surface area contributed by atoms with E-state index in [1.54, 1.807) is 6.08 Å². The number of nitrogens with zero attached hydrogens (tertiary/aromatic N) is 2. The lowest BCUT2D eigenvalue weighted by Crippen LogP contribution is -2.04. The second kappa shape index (κ2) is 5.47. The molecule has 1 aromatic rings. The predicted octanol–water partition coefficient (Wildman–Crippen LogP) is 3.71. The van der Waals surface area contributed by atoms with Gasteiger partial charge in [0.2, 0.25) is 0 Å². The van der Waals surface area contributed by atoms with Crippen molar-refractivity contribution in [3.8, 4) is 0 Å². The van der Waals surface area contributed by atoms with Gasteiger partial charge in [-0.15, -0.1) is 6.58 Å². The Balaban J connectivity index is 3.02. The number of halogens is 2. The monoisotopic (exact) mass is 244 g/mol. The van der Waals surface area contributed by atoms with Crippen molar-refractivity contribution in [3.63, 3.8) is 0 Å². The summed E-state index contributed by atoms with van der Waals surface area (Å²) >= 11 is 12.0. The summed E-state index contributed by atoms with van der Waals surface area (Å²) in [6.07, 6.45) is 3.12. The maximum Gasteiger partial charge on any atom is 0.137 e. The largest absolute Gasteiger partial charge is 0.221 e. The second-order valence-corrected chi connectivity index (χ2v) is 4.51. The van der Waals surface area contributed by atoms with Crippen LogP contribution in [-0.2, 0) is 12.8 Å². The molecule has 0 unspecified atom stereocenters. The van der Waals surface area contributed by atoms with Crippen LogP contribution >= 0.6 is 23.2 Å². The summed E-state index contributed by atoms with van der Waals surface area (Å²) < 4.78 is 0. The quantitative estimate of drug-likeness (QED) is 0.597. The molecule has 1 aromatic heterocycles. The highest BCUT2D eigenvalue weighted by Crippen LogP contribution is 2.22. The molecular formula is C11H14Cl2N2. The highest BCUT2D eigenvalue weighted by Gasteiger charge is 2.10. The van der Waals surface area contributed by atoms with E-state index in [1.807, 2.05) is 0 Å². The van der Waals surface area contributed by atoms with Crippen LogP contribution in [0.25, 0.3) is 0 Å². The number of aromatic nitrogens is 2. The molecule has 4 heteroatoms. The van der Waals surface area contributed by atoms with Gasteiger partial charge in [-0.3, -0.25) is 0 Å². The van der Waals surface area contributed by atoms with Crippen LogP contribution in [0.4, 0.5) is 0 Å². The Bertz CT molecular complexity index is 339. The molecule has 1 heterocycles. The van der Waals surface area contributed by atoms with Gasteiger partial charge in [0.1, 0.15) is 16.1 Å². The van der Waals surface area contributed by atoms with Gasteiger partial charge in [0.15, 0.2) is 0 Å². The van der Waals surface area contributed by atoms with Crippen LogP contribution < -0.4 is 0 Å². The first-order chi connectivity index (χ1) is 7.04. The minimum atomic E-state index is 0.436. The Morgan fingerprint density at radius 3 is 2.20 bits per heavy atom. The molecule has 0 aromatic carbocycles. The molecule has 15 heavy (non-hydrogen) atoms. The van der Waals surface area contributed by atoms with Crippen LogP contribution in [0.15, 0.2) is 12.7 Å². The van der Waals surface area contributed by atoms with Crippen molar-refractivity contribution < 1.29 is 0 Å². The third-order valence-electron chi connectivity index (χ3n) is 1.89. The lowest BCUT2D eigenvalue weighted by atomic mass is 10.1. The molecule has 2 nitrogen and oxygen atoms in total. The van der Waals surface area contributed by atoms with Crippen LogP contribution in [0.1, 0.15) is 25.2 Å². The Morgan fingerprint density at radius 2 is 1.80 bits per heavy atom. The van der Waals surface area contributed by atoms with E-state index in [0.29, 0.717) is 28.5 Å². The van der Waals surface area contributed by atoms with Crippen molar-refractivity contribution in [1.29, 1.82) is 0 Å². The van der Waals surface area contributed by atoms with Gasteiger partial charge in [0.25, 0.3) is 0 Å². The van der Waals surface area contributed by atoms with Crippen molar-refractivity contribution in [2.45, 2.75) is 26.7 Å². The van der Waals surface area contributed by atoms with Gasteiger partial charge in [-0.05, 0) is 12.3 Å². The maximum absolute atomic E-state index is 6.01. The summed E-state index contributed by atoms with van der Waals surface area (Å²) in [5.41, 5.74) is 0.751. The fourth-order valence-electron chi connectivity index (χ4n) is 1.24. The number of allylic oxidation sites excluding steroid dienone is 1. The van der Waals surface area contributed by atoms with Crippen molar-refractivity contribution in [2.75, 3.05) is 0 Å². The van der Waals surface area contributed by atoms with Gasteiger partial charge < -0.3 is 0 Å². The zero-order valence-corrected chi connectivity index (χ0v) is 10.4. The van der Waals surface area contributed by atoms with Crippen molar-refractivity contribution >= 4 is 23.2 Å². The summed E-state index contributed by atoms with van der Waals surface area (Å²) in [5, 5.41) is 0.871. The zero-order valence-electron chi connectivity index (χ0n) is 8.93. The lowest BCUT2D eigenvalue weighted by molar-refractivity contribution is 0.620. The number of rotatable bonds is 4. The molecule has 0 radical (unpaired) electrons. The molecule has 1 rings (SSSR count). The standard InChI is InChI=1S/C11H14Cl2N2/c1-4-5-8-10(12)14-9(6-7(2)3)15-11(8)13/h4,7H,1,5-6H2,2-3H3. The van der Waals surface area contributed by atoms with Gasteiger partial charge in [-0.2, -0.15) is 0 Å². The van der Waals surface area contributed by atoms with E-state index < -0.39 is 0 Å². The first-order valence-electron chi connectivity index (χ1n) is 4.86. The zero-order chi connectivity index (χ0) is 11.4. The molecule has 0 aliphatic carbocycles. The van der Waals surface area contributed by atoms with E-state index in [1.165, 1.54) is 0 Å². The summed E-state index contributed by atoms with van der Waals surface area (Å²) in [6.45, 7) is 7.84. The molecule has 82 valence electrons. The van der Waals surface area contributed by atoms with Gasteiger partial charge >= 0.3 is 0 Å². The van der Waals surface area contributed by atoms with E-state index in [9.17, 15) is 0 Å². The van der Waals surface area contributed by atoms with E-state index >= 15 is 0 Å². The molecule has 0 saturated heterocycles. The topological polar surface area (TPSA) is 25.8 Å². The van der Waals surface area contributed by atoms with Crippen LogP contribution in [-0.4, -0.2) is 9.97 Å². The summed E-state index contributed by atoms with van der Waals surface area (Å²) in [6, 6.07) is 0. The van der Waals surface area contributed by atoms with Crippen molar-refractivity contribution in [1.82, 2.24) is 9.97 Å². The maximum atomic E-state index is 6.01. The minimum absolute atomic E-state index is 0.436. The predicted molar refractivity (Wildman–Crippen MR) is 64.5 cm³/mol. The Kier molecular flexibility index (Phi) is 4.55. The molecule has 0 aliphatic rings. The normalized spacial score (nSPS) is 10.7. The van der Waals surface area contributed by atoms with E-state index in [-0.39, 0.29) is 0 Å². The molecule has 0 atom stereocenters. The van der Waals surface area contributed by atoms with E-state index in [2.05, 4.69) is 30.4 Å². The van der Waals surface area contributed by atoms with Gasteiger partial charge in [-0.25, -0.2) is 9.97 Å². The fourth-order valence-corrected chi connectivity index (χ4v) is 1.82. The summed E-state index contributed by atoms with van der Waals surface area (Å²) in [7, 11) is 0. The fraction of sp³-hybridized carbons (Fsp3) is 0.455. The third kappa shape index (κ3) is 3.47. The summed E-state index contributed by atoms with van der Waals surface area (Å²) in [4.78, 5) is 8.43. The number of hydrogen-bond acceptors (Lipinski definition) is 2. The van der Waals surface area contributed by atoms with Crippen LogP contribution in [0.5, 0.6) is 0 Å². The second-order valence-electron chi connectivity index (χ2n) is 3.79. The minimum Gasteiger partial charge on any atom is -0.221 e. The smallest absolute Gasteiger partial charge is 0.137 e. The molecular weight excluding hydrogens is 231 g/mol. The molecule has 0 spiro atoms. The lowest BCUT2D eigenvalue weighted by Gasteiger charge is -2.07. The first-order valence-corrected chi connectivity index (χ1v) is 5.61. The van der Waals surface area contributed by atoms with Crippen LogP contribution in [0, 0.1) is 5.92 Å². The van der Waals surface area contributed by atoms with E-state index in [4.69, 9.17) is 23.2 Å². The first kappa shape index (κ1) is 12.5. The van der Waals surface area contributed by atoms with Crippen molar-refractivity contribution in [3.05, 3.63) is 34.3 Å². The molecule has 0 N–H and O–H groups in total. The van der Waals surface area contributed by atoms with Crippen LogP contribution in [0.2, 0.25) is 10.3 Å². The molecule has 0 saturated carbocycles. The average molecular weight is 245 g/mol. The van der Waals surface area contributed by atoms with Gasteiger partial charge in [0.05, 0.1) is 0 Å². The SMILES string of the molecule is C=CCc1c(Cl)nc(CC(C)C)nc1Cl. The highest BCUT2D eigenvalue weighted by molar-refractivity contribution is 6.34. The molecule has 0 fully saturated rings. The average Bonchev–Trinajstić information content (AvgIpc) is 2.10. The van der Waals surface area contributed by atoms with Gasteiger partial charge in [0, 0.05) is 12.0 Å². The third-order valence-corrected chi connectivity index (χ3v) is 2.52. The summed E-state index contributed by atoms with van der Waals surface area (Å²) in [5.74, 6) is 1.19. The molecule has 0 bridgehead atoms. The number of hydrogen-bond donors (Lipinski definition) is 0. The van der Waals surface area contributed by atoms with Crippen molar-refractivity contribution in [2.24, 2.45) is 5.92 Å². The Labute approximate surface area is 100 Å². The van der Waals surface area contributed by atoms with E-state index in [0.717, 1.165) is 12.0 Å². The van der Waals surface area contributed by atoms with Gasteiger partial charge in [-0.1, -0.05) is 43.1 Å². The molecule has 0 aliphatic heterocycles. The Hall–Kier alpha value is -0.600.